The second-order valence-electron chi connectivity index (χ2n) is 5.54. The van der Waals surface area contributed by atoms with E-state index in [4.69, 9.17) is 0 Å². The predicted octanol–water partition coefficient (Wildman–Crippen LogP) is 2.73. The van der Waals surface area contributed by atoms with Crippen LogP contribution in [0.15, 0.2) is 73.8 Å². The van der Waals surface area contributed by atoms with Gasteiger partial charge in [0.05, 0.1) is 11.4 Å². The fraction of sp³-hybridized carbons (Fsp3) is 0.100. The molecule has 26 heavy (non-hydrogen) atoms. The van der Waals surface area contributed by atoms with Gasteiger partial charge < -0.3 is 0 Å². The van der Waals surface area contributed by atoms with Gasteiger partial charge in [-0.15, -0.1) is 13.2 Å². The number of allylic oxidation sites excluding steroid dienone is 2. The van der Waals surface area contributed by atoms with Crippen molar-refractivity contribution in [1.29, 1.82) is 0 Å². The minimum Gasteiger partial charge on any atom is -0.298 e. The molecule has 2 amide bonds. The number of hydrogen-bond acceptors (Lipinski definition) is 4. The van der Waals surface area contributed by atoms with E-state index in [9.17, 15) is 9.59 Å². The Hall–Kier alpha value is -3.54. The van der Waals surface area contributed by atoms with E-state index in [0.29, 0.717) is 11.4 Å². The van der Waals surface area contributed by atoms with E-state index in [2.05, 4.69) is 34.9 Å². The summed E-state index contributed by atoms with van der Waals surface area (Å²) in [7, 11) is 0. The van der Waals surface area contributed by atoms with Gasteiger partial charge in [-0.2, -0.15) is 0 Å². The number of carbonyl (C=O) groups excluding carboxylic acids is 2. The number of hydrogen-bond donors (Lipinski definition) is 4. The maximum absolute atomic E-state index is 11.8. The quantitative estimate of drug-likeness (QED) is 0.335. The molecule has 2 aromatic carbocycles. The normalized spacial score (nSPS) is 9.69. The van der Waals surface area contributed by atoms with Gasteiger partial charge in [0.15, 0.2) is 0 Å². The fourth-order valence-electron chi connectivity index (χ4n) is 2.15. The highest BCUT2D eigenvalue weighted by Gasteiger charge is 2.12. The molecule has 0 unspecified atom stereocenters. The summed E-state index contributed by atoms with van der Waals surface area (Å²) in [5.74, 6) is -1.62. The third kappa shape index (κ3) is 5.83. The third-order valence-electron chi connectivity index (χ3n) is 3.51. The molecule has 0 saturated carbocycles. The van der Waals surface area contributed by atoms with Crippen LogP contribution in [-0.4, -0.2) is 11.8 Å². The lowest BCUT2D eigenvalue weighted by Crippen LogP contribution is -2.44. The van der Waals surface area contributed by atoms with E-state index in [1.54, 1.807) is 24.3 Å². The van der Waals surface area contributed by atoms with Gasteiger partial charge in [0, 0.05) is 0 Å². The van der Waals surface area contributed by atoms with Crippen LogP contribution in [0.1, 0.15) is 11.1 Å². The first-order valence-electron chi connectivity index (χ1n) is 8.14. The molecule has 4 N–H and O–H groups in total. The summed E-state index contributed by atoms with van der Waals surface area (Å²) >= 11 is 0. The van der Waals surface area contributed by atoms with Gasteiger partial charge in [0.2, 0.25) is 0 Å². The number of benzene rings is 2. The zero-order valence-corrected chi connectivity index (χ0v) is 14.4. The molecule has 134 valence electrons. The standard InChI is InChI=1S/C20H22N4O2/c1-3-5-15-7-11-17(12-8-15)21-23-19(25)20(26)24-22-18-13-9-16(6-4-2)10-14-18/h3-4,7-14,21-22H,1-2,5-6H2,(H,23,25)(H,24,26). The number of rotatable bonds is 8. The molecular formula is C20H22N4O2. The topological polar surface area (TPSA) is 82.3 Å². The summed E-state index contributed by atoms with van der Waals surface area (Å²) in [6, 6.07) is 14.9. The lowest BCUT2D eigenvalue weighted by Gasteiger charge is -2.11. The number of carbonyl (C=O) groups is 2. The largest absolute Gasteiger partial charge is 0.329 e. The van der Waals surface area contributed by atoms with E-state index in [-0.39, 0.29) is 0 Å². The first kappa shape index (κ1) is 18.8. The van der Waals surface area contributed by atoms with Gasteiger partial charge in [0.25, 0.3) is 0 Å². The van der Waals surface area contributed by atoms with Crippen molar-refractivity contribution in [2.24, 2.45) is 0 Å². The van der Waals surface area contributed by atoms with Crippen molar-refractivity contribution in [2.45, 2.75) is 12.8 Å². The molecule has 0 radical (unpaired) electrons. The summed E-state index contributed by atoms with van der Waals surface area (Å²) in [4.78, 5) is 23.6. The highest BCUT2D eigenvalue weighted by atomic mass is 16.2. The summed E-state index contributed by atoms with van der Waals surface area (Å²) in [6.45, 7) is 7.36. The highest BCUT2D eigenvalue weighted by molar-refractivity contribution is 6.35. The summed E-state index contributed by atoms with van der Waals surface area (Å²) in [5.41, 5.74) is 13.6. The molecule has 2 aromatic rings. The summed E-state index contributed by atoms with van der Waals surface area (Å²) in [5, 5.41) is 0. The SMILES string of the molecule is C=CCc1ccc(NNC(=O)C(=O)NNc2ccc(CC=C)cc2)cc1. The Labute approximate surface area is 152 Å². The minimum absolute atomic E-state index is 0.671. The zero-order chi connectivity index (χ0) is 18.8. The summed E-state index contributed by atoms with van der Waals surface area (Å²) in [6.07, 6.45) is 5.17. The molecule has 0 aliphatic rings. The van der Waals surface area contributed by atoms with E-state index >= 15 is 0 Å². The Morgan fingerprint density at radius 1 is 0.692 bits per heavy atom. The van der Waals surface area contributed by atoms with Crippen LogP contribution in [-0.2, 0) is 22.4 Å². The molecule has 0 saturated heterocycles. The van der Waals surface area contributed by atoms with Crippen molar-refractivity contribution >= 4 is 23.2 Å². The van der Waals surface area contributed by atoms with Crippen molar-refractivity contribution in [3.63, 3.8) is 0 Å². The molecule has 0 aliphatic carbocycles. The van der Waals surface area contributed by atoms with Crippen LogP contribution in [0.4, 0.5) is 11.4 Å². The molecule has 0 bridgehead atoms. The van der Waals surface area contributed by atoms with Crippen LogP contribution >= 0.6 is 0 Å². The summed E-state index contributed by atoms with van der Waals surface area (Å²) < 4.78 is 0. The van der Waals surface area contributed by atoms with Crippen LogP contribution in [0.2, 0.25) is 0 Å². The molecule has 0 aromatic heterocycles. The van der Waals surface area contributed by atoms with E-state index in [1.807, 2.05) is 36.4 Å². The minimum atomic E-state index is -0.809. The molecule has 2 rings (SSSR count). The molecular weight excluding hydrogens is 328 g/mol. The van der Waals surface area contributed by atoms with Crippen molar-refractivity contribution in [3.8, 4) is 0 Å². The Kier molecular flexibility index (Phi) is 7.00. The average Bonchev–Trinajstić information content (AvgIpc) is 2.67. The molecule has 0 spiro atoms. The number of hydrazine groups is 2. The number of nitrogens with one attached hydrogen (secondary N) is 4. The van der Waals surface area contributed by atoms with Gasteiger partial charge >= 0.3 is 11.8 Å². The predicted molar refractivity (Wildman–Crippen MR) is 104 cm³/mol. The first-order chi connectivity index (χ1) is 12.6. The van der Waals surface area contributed by atoms with Gasteiger partial charge in [-0.3, -0.25) is 31.3 Å². The van der Waals surface area contributed by atoms with Crippen molar-refractivity contribution in [2.75, 3.05) is 10.9 Å². The zero-order valence-electron chi connectivity index (χ0n) is 14.4. The van der Waals surface area contributed by atoms with Gasteiger partial charge in [-0.25, -0.2) is 0 Å². The Balaban J connectivity index is 1.77. The molecule has 0 fully saturated rings. The van der Waals surface area contributed by atoms with Gasteiger partial charge in [-0.05, 0) is 48.2 Å². The van der Waals surface area contributed by atoms with Gasteiger partial charge in [-0.1, -0.05) is 36.4 Å². The van der Waals surface area contributed by atoms with Crippen molar-refractivity contribution < 1.29 is 9.59 Å². The highest BCUT2D eigenvalue weighted by Crippen LogP contribution is 2.10. The van der Waals surface area contributed by atoms with Crippen LogP contribution in [0.25, 0.3) is 0 Å². The van der Waals surface area contributed by atoms with Crippen LogP contribution < -0.4 is 21.7 Å². The fourth-order valence-corrected chi connectivity index (χ4v) is 2.15. The average molecular weight is 350 g/mol. The molecule has 0 heterocycles. The van der Waals surface area contributed by atoms with Crippen LogP contribution in [0, 0.1) is 0 Å². The maximum atomic E-state index is 11.8. The van der Waals surface area contributed by atoms with E-state index in [0.717, 1.165) is 24.0 Å². The lowest BCUT2D eigenvalue weighted by molar-refractivity contribution is -0.138. The van der Waals surface area contributed by atoms with E-state index < -0.39 is 11.8 Å². The number of amides is 2. The second kappa shape index (κ2) is 9.68. The second-order valence-corrected chi connectivity index (χ2v) is 5.54. The smallest absolute Gasteiger partial charge is 0.298 e. The molecule has 0 atom stereocenters. The van der Waals surface area contributed by atoms with Crippen LogP contribution in [0.3, 0.4) is 0 Å². The van der Waals surface area contributed by atoms with E-state index in [1.165, 1.54) is 0 Å². The Morgan fingerprint density at radius 3 is 1.35 bits per heavy atom. The molecule has 0 aliphatic heterocycles. The Bertz CT molecular complexity index is 700. The van der Waals surface area contributed by atoms with Crippen LogP contribution in [0.5, 0.6) is 0 Å². The van der Waals surface area contributed by atoms with Gasteiger partial charge in [0.1, 0.15) is 0 Å². The molecule has 6 heteroatoms. The van der Waals surface area contributed by atoms with Crippen molar-refractivity contribution in [1.82, 2.24) is 10.9 Å². The lowest BCUT2D eigenvalue weighted by atomic mass is 10.1. The first-order valence-corrected chi connectivity index (χ1v) is 8.14. The third-order valence-corrected chi connectivity index (χ3v) is 3.51. The maximum Gasteiger partial charge on any atom is 0.329 e. The Morgan fingerprint density at radius 2 is 1.04 bits per heavy atom. The monoisotopic (exact) mass is 350 g/mol. The number of anilines is 2. The van der Waals surface area contributed by atoms with Crippen molar-refractivity contribution in [3.05, 3.63) is 85.0 Å². The molecule has 6 nitrogen and oxygen atoms in total.